The van der Waals surface area contributed by atoms with Gasteiger partial charge in [0.15, 0.2) is 0 Å². The second kappa shape index (κ2) is 4.23. The molecule has 0 saturated heterocycles. The predicted octanol–water partition coefficient (Wildman–Crippen LogP) is 2.31. The van der Waals surface area contributed by atoms with Crippen LogP contribution in [0.5, 0.6) is 11.5 Å². The summed E-state index contributed by atoms with van der Waals surface area (Å²) >= 11 is 0. The minimum atomic E-state index is 0.373. The average Bonchev–Trinajstić information content (AvgIpc) is 2.36. The summed E-state index contributed by atoms with van der Waals surface area (Å²) in [5.74, 6) is 1.18. The van der Waals surface area contributed by atoms with E-state index in [1.54, 1.807) is 13.2 Å². The molecule has 1 radical (unpaired) electrons. The SMILES string of the molecule is COc1cc([C]=O)c(OC)c2ccccc12. The molecule has 0 aromatic heterocycles. The molecule has 0 heterocycles. The average molecular weight is 215 g/mol. The Balaban J connectivity index is 2.88. The normalized spacial score (nSPS) is 10.1. The highest BCUT2D eigenvalue weighted by Crippen LogP contribution is 2.35. The van der Waals surface area contributed by atoms with E-state index < -0.39 is 0 Å². The second-order valence-electron chi connectivity index (χ2n) is 3.31. The first-order valence-corrected chi connectivity index (χ1v) is 4.83. The number of hydrogen-bond acceptors (Lipinski definition) is 3. The fourth-order valence-corrected chi connectivity index (χ4v) is 1.78. The van der Waals surface area contributed by atoms with Crippen LogP contribution in [-0.2, 0) is 4.79 Å². The smallest absolute Gasteiger partial charge is 0.237 e. The van der Waals surface area contributed by atoms with E-state index in [0.29, 0.717) is 17.1 Å². The van der Waals surface area contributed by atoms with Crippen LogP contribution in [0.25, 0.3) is 10.8 Å². The Bertz CT molecular complexity index is 532. The molecule has 3 heteroatoms. The van der Waals surface area contributed by atoms with Gasteiger partial charge in [-0.2, -0.15) is 0 Å². The Morgan fingerprint density at radius 3 is 2.31 bits per heavy atom. The van der Waals surface area contributed by atoms with Crippen LogP contribution in [0.15, 0.2) is 30.3 Å². The largest absolute Gasteiger partial charge is 0.496 e. The van der Waals surface area contributed by atoms with E-state index in [2.05, 4.69) is 0 Å². The molecule has 2 aromatic carbocycles. The molecular weight excluding hydrogens is 204 g/mol. The third kappa shape index (κ3) is 1.50. The lowest BCUT2D eigenvalue weighted by molar-refractivity contribution is 0.409. The molecule has 0 fully saturated rings. The molecule has 3 nitrogen and oxygen atoms in total. The van der Waals surface area contributed by atoms with E-state index in [9.17, 15) is 4.79 Å². The Labute approximate surface area is 93.6 Å². The molecule has 0 bridgehead atoms. The maximum atomic E-state index is 10.8. The summed E-state index contributed by atoms with van der Waals surface area (Å²) < 4.78 is 10.5. The molecule has 2 aromatic rings. The summed E-state index contributed by atoms with van der Waals surface area (Å²) in [7, 11) is 3.11. The van der Waals surface area contributed by atoms with Crippen molar-refractivity contribution in [2.45, 2.75) is 0 Å². The summed E-state index contributed by atoms with van der Waals surface area (Å²) in [6, 6.07) is 9.24. The van der Waals surface area contributed by atoms with E-state index in [-0.39, 0.29) is 0 Å². The van der Waals surface area contributed by atoms with Crippen molar-refractivity contribution in [1.29, 1.82) is 0 Å². The van der Waals surface area contributed by atoms with Crippen molar-refractivity contribution in [2.75, 3.05) is 14.2 Å². The van der Waals surface area contributed by atoms with Gasteiger partial charge in [0, 0.05) is 10.8 Å². The van der Waals surface area contributed by atoms with Crippen LogP contribution in [-0.4, -0.2) is 20.5 Å². The van der Waals surface area contributed by atoms with Gasteiger partial charge in [0.2, 0.25) is 6.29 Å². The molecule has 0 aliphatic carbocycles. The molecule has 0 unspecified atom stereocenters. The third-order valence-corrected chi connectivity index (χ3v) is 2.49. The number of fused-ring (bicyclic) bond motifs is 1. The number of rotatable bonds is 3. The van der Waals surface area contributed by atoms with Crippen molar-refractivity contribution in [3.63, 3.8) is 0 Å². The van der Waals surface area contributed by atoms with Gasteiger partial charge in [0.25, 0.3) is 0 Å². The summed E-state index contributed by atoms with van der Waals surface area (Å²) in [5.41, 5.74) is 0.373. The summed E-state index contributed by atoms with van der Waals surface area (Å²) in [5, 5.41) is 1.77. The van der Waals surface area contributed by atoms with E-state index in [1.165, 1.54) is 7.11 Å². The van der Waals surface area contributed by atoms with E-state index in [4.69, 9.17) is 9.47 Å². The van der Waals surface area contributed by atoms with Crippen LogP contribution >= 0.6 is 0 Å². The quantitative estimate of drug-likeness (QED) is 0.788. The predicted molar refractivity (Wildman–Crippen MR) is 61.8 cm³/mol. The van der Waals surface area contributed by atoms with Gasteiger partial charge in [-0.1, -0.05) is 24.3 Å². The molecule has 0 N–H and O–H groups in total. The molecule has 0 atom stereocenters. The maximum absolute atomic E-state index is 10.8. The summed E-state index contributed by atoms with van der Waals surface area (Å²) in [6.07, 6.45) is 1.86. The molecule has 0 saturated carbocycles. The van der Waals surface area contributed by atoms with Crippen LogP contribution < -0.4 is 9.47 Å². The van der Waals surface area contributed by atoms with Crippen molar-refractivity contribution in [2.24, 2.45) is 0 Å². The van der Waals surface area contributed by atoms with E-state index >= 15 is 0 Å². The van der Waals surface area contributed by atoms with E-state index in [1.807, 2.05) is 30.6 Å². The molecule has 81 valence electrons. The van der Waals surface area contributed by atoms with Crippen molar-refractivity contribution in [3.05, 3.63) is 35.9 Å². The van der Waals surface area contributed by atoms with Crippen LogP contribution in [0, 0.1) is 0 Å². The zero-order valence-corrected chi connectivity index (χ0v) is 9.11. The minimum Gasteiger partial charge on any atom is -0.496 e. The first-order chi connectivity index (χ1) is 7.81. The Hall–Kier alpha value is -2.03. The van der Waals surface area contributed by atoms with Crippen LogP contribution in [0.3, 0.4) is 0 Å². The van der Waals surface area contributed by atoms with Crippen LogP contribution in [0.4, 0.5) is 0 Å². The Morgan fingerprint density at radius 2 is 1.75 bits per heavy atom. The number of ether oxygens (including phenoxy) is 2. The zero-order chi connectivity index (χ0) is 11.5. The van der Waals surface area contributed by atoms with Gasteiger partial charge >= 0.3 is 0 Å². The number of benzene rings is 2. The molecule has 2 rings (SSSR count). The van der Waals surface area contributed by atoms with Gasteiger partial charge in [-0.05, 0) is 6.07 Å². The van der Waals surface area contributed by atoms with Gasteiger partial charge in [-0.3, -0.25) is 4.79 Å². The fraction of sp³-hybridized carbons (Fsp3) is 0.154. The van der Waals surface area contributed by atoms with Gasteiger partial charge < -0.3 is 9.47 Å². The van der Waals surface area contributed by atoms with E-state index in [0.717, 1.165) is 10.8 Å². The maximum Gasteiger partial charge on any atom is 0.237 e. The monoisotopic (exact) mass is 215 g/mol. The number of methoxy groups -OCH3 is 2. The third-order valence-electron chi connectivity index (χ3n) is 2.49. The van der Waals surface area contributed by atoms with Gasteiger partial charge in [-0.25, -0.2) is 0 Å². The highest BCUT2D eigenvalue weighted by Gasteiger charge is 2.12. The Morgan fingerprint density at radius 1 is 1.06 bits per heavy atom. The van der Waals surface area contributed by atoms with Gasteiger partial charge in [0.05, 0.1) is 19.8 Å². The first-order valence-electron chi connectivity index (χ1n) is 4.83. The second-order valence-corrected chi connectivity index (χ2v) is 3.31. The molecule has 0 amide bonds. The molecule has 0 aliphatic rings. The standard InChI is InChI=1S/C13H11O3/c1-15-12-7-9(8-14)13(16-2)11-6-4-3-5-10(11)12/h3-7H,1-2H3. The lowest BCUT2D eigenvalue weighted by atomic mass is 10.0. The van der Waals surface area contributed by atoms with Crippen LogP contribution in [0.2, 0.25) is 0 Å². The van der Waals surface area contributed by atoms with Crippen LogP contribution in [0.1, 0.15) is 5.56 Å². The fourth-order valence-electron chi connectivity index (χ4n) is 1.78. The molecule has 16 heavy (non-hydrogen) atoms. The highest BCUT2D eigenvalue weighted by atomic mass is 16.5. The summed E-state index contributed by atoms with van der Waals surface area (Å²) in [4.78, 5) is 10.8. The van der Waals surface area contributed by atoms with Gasteiger partial charge in [0.1, 0.15) is 11.5 Å². The van der Waals surface area contributed by atoms with Gasteiger partial charge in [-0.15, -0.1) is 0 Å². The first kappa shape index (κ1) is 10.5. The van der Waals surface area contributed by atoms with Crippen molar-refractivity contribution < 1.29 is 14.3 Å². The van der Waals surface area contributed by atoms with Crippen molar-refractivity contribution in [3.8, 4) is 11.5 Å². The number of hydrogen-bond donors (Lipinski definition) is 0. The van der Waals surface area contributed by atoms with Crippen molar-refractivity contribution >= 4 is 17.1 Å². The molecule has 0 aliphatic heterocycles. The summed E-state index contributed by atoms with van der Waals surface area (Å²) in [6.45, 7) is 0. The lowest BCUT2D eigenvalue weighted by Gasteiger charge is -2.11. The number of carbonyl (C=O) groups excluding carboxylic acids is 1. The Kier molecular flexibility index (Phi) is 2.77. The molecule has 0 spiro atoms. The molecular formula is C13H11O3. The highest BCUT2D eigenvalue weighted by molar-refractivity contribution is 6.00. The topological polar surface area (TPSA) is 35.5 Å². The lowest BCUT2D eigenvalue weighted by Crippen LogP contribution is -1.95. The zero-order valence-electron chi connectivity index (χ0n) is 9.11. The van der Waals surface area contributed by atoms with Crippen molar-refractivity contribution in [1.82, 2.24) is 0 Å². The minimum absolute atomic E-state index is 0.373.